The number of nitriles is 1. The highest BCUT2D eigenvalue weighted by Gasteiger charge is 2.23. The smallest absolute Gasteiger partial charge is 0.296 e. The number of carbonyl (C=O) groups is 1. The van der Waals surface area contributed by atoms with Gasteiger partial charge in [0.05, 0.1) is 12.8 Å². The van der Waals surface area contributed by atoms with Gasteiger partial charge in [-0.1, -0.05) is 54.6 Å². The monoisotopic (exact) mass is 602 g/mol. The van der Waals surface area contributed by atoms with Gasteiger partial charge in [-0.15, -0.1) is 0 Å². The van der Waals surface area contributed by atoms with E-state index in [-0.39, 0.29) is 23.1 Å². The summed E-state index contributed by atoms with van der Waals surface area (Å²) in [6.45, 7) is 4.38. The van der Waals surface area contributed by atoms with Crippen molar-refractivity contribution in [2.45, 2.75) is 32.4 Å². The molecular weight excluding hydrogens is 571 g/mol. The van der Waals surface area contributed by atoms with Gasteiger partial charge >= 0.3 is 0 Å². The SMILES string of the molecule is CONC(=O)c1nc(C)c2cc(-c3ccccc3)c(-c3ccc(CN4CCC(Nc5ccnc(C#N)n5)CC4)cc3)nc2c1F. The Morgan fingerprint density at radius 2 is 1.80 bits per heavy atom. The first-order valence-corrected chi connectivity index (χ1v) is 14.6. The van der Waals surface area contributed by atoms with Crippen molar-refractivity contribution in [3.05, 3.63) is 102 Å². The van der Waals surface area contributed by atoms with E-state index in [1.54, 1.807) is 19.2 Å². The van der Waals surface area contributed by atoms with Crippen LogP contribution in [0.5, 0.6) is 0 Å². The first-order valence-electron chi connectivity index (χ1n) is 14.6. The molecule has 1 fully saturated rings. The summed E-state index contributed by atoms with van der Waals surface area (Å²) in [4.78, 5) is 36.7. The van der Waals surface area contributed by atoms with Crippen molar-refractivity contribution in [2.75, 3.05) is 25.5 Å². The van der Waals surface area contributed by atoms with Crippen LogP contribution in [0.15, 0.2) is 72.9 Å². The number of aryl methyl sites for hydroxylation is 1. The minimum absolute atomic E-state index is 0.0739. The minimum atomic E-state index is -0.800. The number of hydroxylamine groups is 1. The Kier molecular flexibility index (Phi) is 8.68. The normalized spacial score (nSPS) is 13.8. The number of nitrogens with zero attached hydrogens (tertiary/aromatic N) is 6. The summed E-state index contributed by atoms with van der Waals surface area (Å²) < 4.78 is 15.7. The third kappa shape index (κ3) is 6.47. The highest BCUT2D eigenvalue weighted by Crippen LogP contribution is 2.35. The number of amides is 1. The number of likely N-dealkylation sites (tertiary alicyclic amines) is 1. The summed E-state index contributed by atoms with van der Waals surface area (Å²) >= 11 is 0. The predicted octanol–water partition coefficient (Wildman–Crippen LogP) is 5.44. The second kappa shape index (κ2) is 13.1. The number of pyridine rings is 2. The van der Waals surface area contributed by atoms with Crippen LogP contribution in [0, 0.1) is 24.1 Å². The van der Waals surface area contributed by atoms with Gasteiger partial charge in [-0.2, -0.15) is 5.26 Å². The Morgan fingerprint density at radius 1 is 1.04 bits per heavy atom. The Morgan fingerprint density at radius 3 is 2.51 bits per heavy atom. The van der Waals surface area contributed by atoms with Crippen LogP contribution in [0.3, 0.4) is 0 Å². The van der Waals surface area contributed by atoms with E-state index in [0.29, 0.717) is 22.6 Å². The molecule has 0 radical (unpaired) electrons. The number of carbonyl (C=O) groups excluding carboxylic acids is 1. The van der Waals surface area contributed by atoms with E-state index in [1.165, 1.54) is 7.11 Å². The Balaban J connectivity index is 1.24. The van der Waals surface area contributed by atoms with Gasteiger partial charge in [0.1, 0.15) is 17.4 Å². The van der Waals surface area contributed by atoms with Crippen LogP contribution < -0.4 is 10.8 Å². The van der Waals surface area contributed by atoms with Crippen LogP contribution in [0.2, 0.25) is 0 Å². The molecule has 2 N–H and O–H groups in total. The number of benzene rings is 2. The Labute approximate surface area is 259 Å². The molecule has 45 heavy (non-hydrogen) atoms. The molecule has 0 spiro atoms. The highest BCUT2D eigenvalue weighted by molar-refractivity contribution is 5.99. The van der Waals surface area contributed by atoms with E-state index < -0.39 is 11.7 Å². The molecule has 0 saturated carbocycles. The molecule has 2 aromatic carbocycles. The first kappa shape index (κ1) is 29.7. The number of hydrogen-bond acceptors (Lipinski definition) is 9. The first-order chi connectivity index (χ1) is 21.9. The van der Waals surface area contributed by atoms with E-state index in [1.807, 2.05) is 54.6 Å². The maximum absolute atomic E-state index is 15.7. The quantitative estimate of drug-likeness (QED) is 0.223. The molecule has 0 bridgehead atoms. The zero-order valence-corrected chi connectivity index (χ0v) is 24.9. The van der Waals surface area contributed by atoms with Gasteiger partial charge in [-0.25, -0.2) is 29.8 Å². The average Bonchev–Trinajstić information content (AvgIpc) is 3.07. The number of anilines is 1. The van der Waals surface area contributed by atoms with E-state index in [2.05, 4.69) is 42.8 Å². The van der Waals surface area contributed by atoms with Gasteiger partial charge in [-0.05, 0) is 43.0 Å². The van der Waals surface area contributed by atoms with Crippen molar-refractivity contribution >= 4 is 22.6 Å². The van der Waals surface area contributed by atoms with Crippen molar-refractivity contribution in [1.82, 2.24) is 30.3 Å². The molecule has 1 aliphatic rings. The number of fused-ring (bicyclic) bond motifs is 1. The summed E-state index contributed by atoms with van der Waals surface area (Å²) in [6.07, 6.45) is 3.50. The Bertz CT molecular complexity index is 1890. The van der Waals surface area contributed by atoms with Crippen LogP contribution in [-0.2, 0) is 11.4 Å². The fourth-order valence-electron chi connectivity index (χ4n) is 5.66. The second-order valence-electron chi connectivity index (χ2n) is 10.9. The molecule has 1 amide bonds. The van der Waals surface area contributed by atoms with Gasteiger partial charge in [0.25, 0.3) is 5.91 Å². The molecule has 1 saturated heterocycles. The third-order valence-electron chi connectivity index (χ3n) is 7.93. The zero-order valence-electron chi connectivity index (χ0n) is 24.9. The van der Waals surface area contributed by atoms with Crippen molar-refractivity contribution < 1.29 is 14.0 Å². The highest BCUT2D eigenvalue weighted by atomic mass is 19.1. The van der Waals surface area contributed by atoms with Gasteiger partial charge in [0.2, 0.25) is 5.82 Å². The summed E-state index contributed by atoms with van der Waals surface area (Å²) in [5.41, 5.74) is 6.72. The van der Waals surface area contributed by atoms with Crippen molar-refractivity contribution in [3.8, 4) is 28.5 Å². The fourth-order valence-corrected chi connectivity index (χ4v) is 5.66. The summed E-state index contributed by atoms with van der Waals surface area (Å²) in [6, 6.07) is 23.9. The van der Waals surface area contributed by atoms with Gasteiger partial charge in [0.15, 0.2) is 11.5 Å². The van der Waals surface area contributed by atoms with E-state index in [9.17, 15) is 4.79 Å². The van der Waals surface area contributed by atoms with Gasteiger partial charge in [-0.3, -0.25) is 14.5 Å². The molecule has 0 atom stereocenters. The molecule has 0 aliphatic carbocycles. The van der Waals surface area contributed by atoms with Crippen LogP contribution in [0.25, 0.3) is 33.3 Å². The van der Waals surface area contributed by atoms with Crippen LogP contribution in [0.4, 0.5) is 10.2 Å². The number of nitrogens with one attached hydrogen (secondary N) is 2. The molecule has 5 aromatic rings. The average molecular weight is 603 g/mol. The van der Waals surface area contributed by atoms with E-state index in [4.69, 9.17) is 15.1 Å². The molecule has 226 valence electrons. The Hall–Kier alpha value is -5.31. The molecule has 3 aromatic heterocycles. The molecule has 6 rings (SSSR count). The molecule has 10 nitrogen and oxygen atoms in total. The summed E-state index contributed by atoms with van der Waals surface area (Å²) in [5.74, 6) is -0.742. The lowest BCUT2D eigenvalue weighted by molar-refractivity contribution is 0.0528. The van der Waals surface area contributed by atoms with Crippen molar-refractivity contribution in [1.29, 1.82) is 5.26 Å². The maximum Gasteiger partial charge on any atom is 0.296 e. The van der Waals surface area contributed by atoms with Crippen LogP contribution in [0.1, 0.15) is 40.4 Å². The van der Waals surface area contributed by atoms with Crippen molar-refractivity contribution in [2.24, 2.45) is 0 Å². The van der Waals surface area contributed by atoms with Crippen LogP contribution in [-0.4, -0.2) is 57.0 Å². The number of aromatic nitrogens is 4. The lowest BCUT2D eigenvalue weighted by atomic mass is 9.96. The number of hydrogen-bond donors (Lipinski definition) is 2. The standard InChI is InChI=1S/C34H31FN8O2/c1-21-26-18-27(23-6-4-3-5-7-23)31(41-32(26)30(35)33(38-21)34(44)42-45-2)24-10-8-22(9-11-24)20-43-16-13-25(14-17-43)39-28-12-15-37-29(19-36)40-28/h3-12,15,18,25H,13-14,16-17,20H2,1-2H3,(H,42,44)(H,37,39,40). The van der Waals surface area contributed by atoms with Crippen molar-refractivity contribution in [3.63, 3.8) is 0 Å². The topological polar surface area (TPSA) is 129 Å². The summed E-state index contributed by atoms with van der Waals surface area (Å²) in [5, 5.41) is 13.0. The fraction of sp³-hybridized carbons (Fsp3) is 0.235. The minimum Gasteiger partial charge on any atom is -0.367 e. The molecule has 4 heterocycles. The molecule has 11 heteroatoms. The molecule has 1 aliphatic heterocycles. The van der Waals surface area contributed by atoms with Gasteiger partial charge in [0, 0.05) is 54.1 Å². The van der Waals surface area contributed by atoms with Gasteiger partial charge < -0.3 is 5.32 Å². The maximum atomic E-state index is 15.7. The van der Waals surface area contributed by atoms with E-state index >= 15 is 4.39 Å². The largest absolute Gasteiger partial charge is 0.367 e. The lowest BCUT2D eigenvalue weighted by Gasteiger charge is -2.32. The summed E-state index contributed by atoms with van der Waals surface area (Å²) in [7, 11) is 1.28. The van der Waals surface area contributed by atoms with E-state index in [0.717, 1.165) is 54.7 Å². The second-order valence-corrected chi connectivity index (χ2v) is 10.9. The lowest BCUT2D eigenvalue weighted by Crippen LogP contribution is -2.38. The van der Waals surface area contributed by atoms with Crippen LogP contribution >= 0.6 is 0 Å². The zero-order chi connectivity index (χ0) is 31.3. The molecular formula is C34H31FN8O2. The number of halogens is 1. The third-order valence-corrected chi connectivity index (χ3v) is 7.93. The number of piperidine rings is 1. The predicted molar refractivity (Wildman–Crippen MR) is 168 cm³/mol. The molecule has 0 unspecified atom stereocenters. The number of rotatable bonds is 8.